The quantitative estimate of drug-likeness (QED) is 0.165. The Labute approximate surface area is 264 Å². The summed E-state index contributed by atoms with van der Waals surface area (Å²) in [5.74, 6) is -0.129. The number of hydrogen-bond acceptors (Lipinski definition) is 6. The van der Waals surface area contributed by atoms with Crippen molar-refractivity contribution in [2.45, 2.75) is 64.2 Å². The molecule has 2 aliphatic rings. The highest BCUT2D eigenvalue weighted by Gasteiger charge is 2.54. The van der Waals surface area contributed by atoms with Crippen LogP contribution in [0.2, 0.25) is 0 Å². The number of pyridine rings is 1. The van der Waals surface area contributed by atoms with E-state index in [2.05, 4.69) is 28.6 Å². The number of aromatic amines is 1. The van der Waals surface area contributed by atoms with E-state index in [0.29, 0.717) is 47.7 Å². The molecule has 9 heteroatoms. The highest BCUT2D eigenvalue weighted by atomic mass is 32.2. The summed E-state index contributed by atoms with van der Waals surface area (Å²) >= 11 is 0. The number of Topliss-reactive ketones (excluding diaryl/α,β-unsaturated/α-hetero) is 1. The number of morpholine rings is 1. The summed E-state index contributed by atoms with van der Waals surface area (Å²) < 4.78 is 34.2. The molecule has 0 bridgehead atoms. The molecule has 1 saturated carbocycles. The zero-order chi connectivity index (χ0) is 31.9. The zero-order valence-corrected chi connectivity index (χ0v) is 27.1. The molecule has 1 aliphatic heterocycles. The predicted molar refractivity (Wildman–Crippen MR) is 178 cm³/mol. The zero-order valence-electron chi connectivity index (χ0n) is 26.3. The SMILES string of the molecule is C=CCC1(S(=O)(=O)n2cc(C)c3c(C(=O)CCc4c(C)cc(C)[nH]c4=O)cc(-c4ccc(CN5CCOCC5)cc4)cc32)CC1. The van der Waals surface area contributed by atoms with Gasteiger partial charge in [-0.15, -0.1) is 6.58 Å². The van der Waals surface area contributed by atoms with Crippen LogP contribution in [0.1, 0.15) is 64.0 Å². The molecule has 45 heavy (non-hydrogen) atoms. The molecule has 3 heterocycles. The number of aromatic nitrogens is 2. The molecule has 1 saturated heterocycles. The molecule has 4 aromatic rings. The first kappa shape index (κ1) is 31.2. The van der Waals surface area contributed by atoms with Crippen LogP contribution in [0.3, 0.4) is 0 Å². The number of hydrogen-bond donors (Lipinski definition) is 1. The number of aryl methyl sites for hydroxylation is 3. The molecule has 8 nitrogen and oxygen atoms in total. The number of fused-ring (bicyclic) bond motifs is 1. The Bertz CT molecular complexity index is 1940. The van der Waals surface area contributed by atoms with Crippen molar-refractivity contribution < 1.29 is 17.9 Å². The summed E-state index contributed by atoms with van der Waals surface area (Å²) in [6, 6.07) is 13.9. The van der Waals surface area contributed by atoms with E-state index in [4.69, 9.17) is 4.74 Å². The third-order valence-corrected chi connectivity index (χ3v) is 11.9. The average Bonchev–Trinajstić information content (AvgIpc) is 3.73. The van der Waals surface area contributed by atoms with Gasteiger partial charge in [-0.1, -0.05) is 30.3 Å². The molecule has 1 aliphatic carbocycles. The smallest absolute Gasteiger partial charge is 0.251 e. The second-order valence-electron chi connectivity index (χ2n) is 12.7. The summed E-state index contributed by atoms with van der Waals surface area (Å²) in [4.78, 5) is 31.9. The van der Waals surface area contributed by atoms with E-state index in [9.17, 15) is 18.0 Å². The second-order valence-corrected chi connectivity index (χ2v) is 14.9. The van der Waals surface area contributed by atoms with Crippen LogP contribution in [-0.4, -0.2) is 59.1 Å². The normalized spacial score (nSPS) is 16.6. The summed E-state index contributed by atoms with van der Waals surface area (Å²) in [5, 5.41) is 0.639. The molecule has 6 rings (SSSR count). The van der Waals surface area contributed by atoms with Crippen molar-refractivity contribution in [1.82, 2.24) is 13.9 Å². The molecule has 236 valence electrons. The molecule has 0 unspecified atom stereocenters. The van der Waals surface area contributed by atoms with Crippen LogP contribution in [0.15, 0.2) is 66.1 Å². The first-order valence-electron chi connectivity index (χ1n) is 15.7. The van der Waals surface area contributed by atoms with Crippen molar-refractivity contribution >= 4 is 26.7 Å². The summed E-state index contributed by atoms with van der Waals surface area (Å²) in [7, 11) is -3.76. The fourth-order valence-corrected chi connectivity index (χ4v) is 8.74. The minimum Gasteiger partial charge on any atom is -0.379 e. The van der Waals surface area contributed by atoms with Crippen LogP contribution >= 0.6 is 0 Å². The number of nitrogens with zero attached hydrogens (tertiary/aromatic N) is 2. The number of rotatable bonds is 11. The molecule has 0 spiro atoms. The topological polar surface area (TPSA) is 101 Å². The maximum Gasteiger partial charge on any atom is 0.251 e. The lowest BCUT2D eigenvalue weighted by Gasteiger charge is -2.26. The maximum atomic E-state index is 14.1. The van der Waals surface area contributed by atoms with Crippen molar-refractivity contribution in [2.24, 2.45) is 0 Å². The van der Waals surface area contributed by atoms with Crippen molar-refractivity contribution in [3.63, 3.8) is 0 Å². The van der Waals surface area contributed by atoms with Gasteiger partial charge in [0.05, 0.1) is 23.5 Å². The van der Waals surface area contributed by atoms with Gasteiger partial charge >= 0.3 is 0 Å². The lowest BCUT2D eigenvalue weighted by molar-refractivity contribution is 0.0342. The van der Waals surface area contributed by atoms with Gasteiger partial charge in [-0.2, -0.15) is 0 Å². The van der Waals surface area contributed by atoms with Gasteiger partial charge in [0.1, 0.15) is 0 Å². The fourth-order valence-electron chi connectivity index (χ4n) is 6.67. The van der Waals surface area contributed by atoms with E-state index in [1.807, 2.05) is 51.1 Å². The molecule has 1 N–H and O–H groups in total. The first-order chi connectivity index (χ1) is 21.5. The van der Waals surface area contributed by atoms with E-state index in [1.165, 1.54) is 9.54 Å². The molecule has 2 fully saturated rings. The Morgan fingerprint density at radius 2 is 1.73 bits per heavy atom. The van der Waals surface area contributed by atoms with Gasteiger partial charge in [0.25, 0.3) is 5.56 Å². The highest BCUT2D eigenvalue weighted by Crippen LogP contribution is 2.49. The first-order valence-corrected chi connectivity index (χ1v) is 17.1. The number of benzene rings is 2. The van der Waals surface area contributed by atoms with Crippen LogP contribution in [-0.2, 0) is 27.7 Å². The Hall–Kier alpha value is -3.79. The standard InChI is InChI=1S/C36H41N3O5S/c1-5-12-36(13-14-36)45(42,43)39-22-25(3)34-31(33(40)11-10-30-24(2)19-26(4)37-35(30)41)20-29(21-32(34)39)28-8-6-27(7-9-28)23-38-15-17-44-18-16-38/h5-9,19-22H,1,10-18,23H2,2-4H3,(H,37,41). The van der Waals surface area contributed by atoms with Crippen LogP contribution < -0.4 is 5.56 Å². The van der Waals surface area contributed by atoms with Crippen molar-refractivity contribution in [1.29, 1.82) is 0 Å². The minimum absolute atomic E-state index is 0.127. The maximum absolute atomic E-state index is 14.1. The van der Waals surface area contributed by atoms with Crippen LogP contribution in [0.25, 0.3) is 22.0 Å². The van der Waals surface area contributed by atoms with E-state index >= 15 is 0 Å². The molecule has 2 aromatic carbocycles. The summed E-state index contributed by atoms with van der Waals surface area (Å²) in [6.07, 6.45) is 5.31. The Morgan fingerprint density at radius 1 is 1.02 bits per heavy atom. The van der Waals surface area contributed by atoms with Gasteiger partial charge in [0.2, 0.25) is 10.0 Å². The molecular formula is C36H41N3O5S. The molecule has 0 radical (unpaired) electrons. The average molecular weight is 628 g/mol. The molecule has 0 amide bonds. The number of carbonyl (C=O) groups is 1. The number of allylic oxidation sites excluding steroid dienone is 1. The highest BCUT2D eigenvalue weighted by molar-refractivity contribution is 7.91. The van der Waals surface area contributed by atoms with Crippen molar-refractivity contribution in [3.05, 3.63) is 105 Å². The number of carbonyl (C=O) groups excluding carboxylic acids is 1. The van der Waals surface area contributed by atoms with Gasteiger partial charge in [-0.05, 0) is 92.5 Å². The van der Waals surface area contributed by atoms with Gasteiger partial charge in [0, 0.05) is 54.5 Å². The van der Waals surface area contributed by atoms with Gasteiger partial charge in [0.15, 0.2) is 5.78 Å². The molecular weight excluding hydrogens is 586 g/mol. The largest absolute Gasteiger partial charge is 0.379 e. The Morgan fingerprint density at radius 3 is 2.38 bits per heavy atom. The Kier molecular flexibility index (Phi) is 8.45. The van der Waals surface area contributed by atoms with Crippen molar-refractivity contribution in [3.8, 4) is 11.1 Å². The number of H-pyrrole nitrogens is 1. The monoisotopic (exact) mass is 627 g/mol. The minimum atomic E-state index is -3.76. The molecule has 2 aromatic heterocycles. The third kappa shape index (κ3) is 5.96. The lowest BCUT2D eigenvalue weighted by Crippen LogP contribution is -2.35. The van der Waals surface area contributed by atoms with Crippen LogP contribution in [0.4, 0.5) is 0 Å². The van der Waals surface area contributed by atoms with Crippen molar-refractivity contribution in [2.75, 3.05) is 26.3 Å². The number of ether oxygens (including phenoxy) is 1. The van der Waals surface area contributed by atoms with E-state index in [0.717, 1.165) is 60.8 Å². The van der Waals surface area contributed by atoms with E-state index in [-0.39, 0.29) is 17.8 Å². The fraction of sp³-hybridized carbons (Fsp3) is 0.389. The van der Waals surface area contributed by atoms with Crippen LogP contribution in [0, 0.1) is 20.8 Å². The predicted octanol–water partition coefficient (Wildman–Crippen LogP) is 5.86. The van der Waals surface area contributed by atoms with Crippen LogP contribution in [0.5, 0.6) is 0 Å². The second kappa shape index (κ2) is 12.2. The Balaban J connectivity index is 1.42. The summed E-state index contributed by atoms with van der Waals surface area (Å²) in [6.45, 7) is 13.5. The van der Waals surface area contributed by atoms with Gasteiger partial charge in [-0.25, -0.2) is 12.4 Å². The summed E-state index contributed by atoms with van der Waals surface area (Å²) in [5.41, 5.74) is 6.60. The third-order valence-electron chi connectivity index (χ3n) is 9.38. The van der Waals surface area contributed by atoms with E-state index < -0.39 is 14.8 Å². The number of ketones is 1. The van der Waals surface area contributed by atoms with Gasteiger partial charge in [-0.3, -0.25) is 14.5 Å². The van der Waals surface area contributed by atoms with Gasteiger partial charge < -0.3 is 9.72 Å². The lowest BCUT2D eigenvalue weighted by atomic mass is 9.93. The number of nitrogens with one attached hydrogen (secondary N) is 1. The van der Waals surface area contributed by atoms with E-state index in [1.54, 1.807) is 12.3 Å². The molecule has 0 atom stereocenters.